The highest BCUT2D eigenvalue weighted by atomic mass is 16.6. The van der Waals surface area contributed by atoms with Gasteiger partial charge in [-0.2, -0.15) is 0 Å². The number of nitrogens with zero attached hydrogens (tertiary/aromatic N) is 3. The van der Waals surface area contributed by atoms with Gasteiger partial charge in [0.25, 0.3) is 0 Å². The minimum absolute atomic E-state index is 0.134. The zero-order chi connectivity index (χ0) is 13.2. The SMILES string of the molecule is CC.[B]C([B])(C)c1cnc([N+](=O)[O-])n1C1CC1. The van der Waals surface area contributed by atoms with E-state index < -0.39 is 10.1 Å². The molecule has 0 amide bonds. The molecule has 1 fully saturated rings. The van der Waals surface area contributed by atoms with Crippen LogP contribution in [0.2, 0.25) is 0 Å². The minimum atomic E-state index is -1.09. The minimum Gasteiger partial charge on any atom is -0.390 e. The highest BCUT2D eigenvalue weighted by Gasteiger charge is 2.38. The summed E-state index contributed by atoms with van der Waals surface area (Å²) in [5.74, 6) is -0.172. The normalized spacial score (nSPS) is 15.0. The third-order valence-electron chi connectivity index (χ3n) is 2.40. The lowest BCUT2D eigenvalue weighted by Crippen LogP contribution is -2.26. The van der Waals surface area contributed by atoms with Crippen molar-refractivity contribution in [1.29, 1.82) is 0 Å². The molecule has 1 aromatic heterocycles. The predicted molar refractivity (Wildman–Crippen MR) is 67.4 cm³/mol. The van der Waals surface area contributed by atoms with E-state index in [-0.39, 0.29) is 12.0 Å². The van der Waals surface area contributed by atoms with Crippen molar-refractivity contribution in [3.05, 3.63) is 22.0 Å². The van der Waals surface area contributed by atoms with Crippen LogP contribution in [0.4, 0.5) is 5.95 Å². The van der Waals surface area contributed by atoms with Crippen molar-refractivity contribution >= 4 is 21.6 Å². The smallest absolute Gasteiger partial charge is 0.390 e. The molecule has 0 aromatic carbocycles. The second kappa shape index (κ2) is 4.94. The average molecular weight is 231 g/mol. The molecule has 2 rings (SSSR count). The molecule has 7 heteroatoms. The lowest BCUT2D eigenvalue weighted by Gasteiger charge is -2.17. The highest BCUT2D eigenvalue weighted by Crippen LogP contribution is 2.40. The van der Waals surface area contributed by atoms with Crippen molar-refractivity contribution in [3.63, 3.8) is 0 Å². The maximum atomic E-state index is 10.7. The van der Waals surface area contributed by atoms with Gasteiger partial charge in [0.15, 0.2) is 0 Å². The van der Waals surface area contributed by atoms with Gasteiger partial charge in [-0.3, -0.25) is 0 Å². The molecular weight excluding hydrogens is 216 g/mol. The van der Waals surface area contributed by atoms with E-state index in [1.54, 1.807) is 11.5 Å². The Hall–Kier alpha value is -1.26. The molecule has 17 heavy (non-hydrogen) atoms. The zero-order valence-corrected chi connectivity index (χ0v) is 10.4. The molecule has 1 saturated carbocycles. The fourth-order valence-electron chi connectivity index (χ4n) is 1.58. The van der Waals surface area contributed by atoms with Crippen molar-refractivity contribution in [2.24, 2.45) is 0 Å². The average Bonchev–Trinajstić information content (AvgIpc) is 2.97. The third kappa shape index (κ3) is 2.90. The number of hydrogen-bond acceptors (Lipinski definition) is 3. The number of aromatic nitrogens is 2. The van der Waals surface area contributed by atoms with Gasteiger partial charge in [-0.15, -0.1) is 0 Å². The summed E-state index contributed by atoms with van der Waals surface area (Å²) in [4.78, 5) is 14.0. The maximum absolute atomic E-state index is 10.7. The summed E-state index contributed by atoms with van der Waals surface area (Å²) in [5.41, 5.74) is 0.511. The first-order valence-electron chi connectivity index (χ1n) is 5.71. The van der Waals surface area contributed by atoms with Crippen LogP contribution in [-0.4, -0.2) is 30.2 Å². The van der Waals surface area contributed by atoms with Crippen LogP contribution in [0.5, 0.6) is 0 Å². The Morgan fingerprint density at radius 3 is 2.41 bits per heavy atom. The largest absolute Gasteiger partial charge is 0.434 e. The summed E-state index contributed by atoms with van der Waals surface area (Å²) >= 11 is 0. The van der Waals surface area contributed by atoms with Crippen molar-refractivity contribution in [3.8, 4) is 0 Å². The topological polar surface area (TPSA) is 61.0 Å². The fraction of sp³-hybridized carbons (Fsp3) is 0.700. The molecule has 0 spiro atoms. The second-order valence-corrected chi connectivity index (χ2v) is 4.08. The Labute approximate surface area is 104 Å². The van der Waals surface area contributed by atoms with E-state index in [1.807, 2.05) is 13.8 Å². The molecule has 1 aliphatic carbocycles. The van der Waals surface area contributed by atoms with E-state index in [0.717, 1.165) is 12.8 Å². The fourth-order valence-corrected chi connectivity index (χ4v) is 1.58. The second-order valence-electron chi connectivity index (χ2n) is 4.08. The maximum Gasteiger partial charge on any atom is 0.434 e. The van der Waals surface area contributed by atoms with Gasteiger partial charge in [0.05, 0.1) is 21.7 Å². The van der Waals surface area contributed by atoms with Crippen LogP contribution in [-0.2, 0) is 5.21 Å². The molecule has 1 aliphatic rings. The quantitative estimate of drug-likeness (QED) is 0.451. The molecule has 1 heterocycles. The van der Waals surface area contributed by atoms with Crippen LogP contribution < -0.4 is 0 Å². The molecule has 0 saturated heterocycles. The summed E-state index contributed by atoms with van der Waals surface area (Å²) in [6.45, 7) is 5.60. The van der Waals surface area contributed by atoms with Crippen molar-refractivity contribution in [2.75, 3.05) is 0 Å². The Balaban J connectivity index is 0.000000686. The van der Waals surface area contributed by atoms with Gasteiger partial charge in [0, 0.05) is 0 Å². The summed E-state index contributed by atoms with van der Waals surface area (Å²) < 4.78 is 1.54. The molecule has 4 radical (unpaired) electrons. The lowest BCUT2D eigenvalue weighted by atomic mass is 9.54. The molecule has 0 N–H and O–H groups in total. The van der Waals surface area contributed by atoms with E-state index in [1.165, 1.54) is 6.20 Å². The van der Waals surface area contributed by atoms with Gasteiger partial charge in [-0.05, 0) is 23.0 Å². The first-order chi connectivity index (χ1) is 7.91. The van der Waals surface area contributed by atoms with E-state index in [4.69, 9.17) is 15.7 Å². The van der Waals surface area contributed by atoms with Crippen LogP contribution in [0.25, 0.3) is 0 Å². The summed E-state index contributed by atoms with van der Waals surface area (Å²) in [5, 5.41) is 9.64. The van der Waals surface area contributed by atoms with Crippen molar-refractivity contribution in [2.45, 2.75) is 44.9 Å². The van der Waals surface area contributed by atoms with Crippen molar-refractivity contribution in [1.82, 2.24) is 9.55 Å². The molecule has 0 bridgehead atoms. The summed E-state index contributed by atoms with van der Waals surface area (Å²) in [6.07, 6.45) is 3.22. The van der Waals surface area contributed by atoms with E-state index >= 15 is 0 Å². The van der Waals surface area contributed by atoms with Gasteiger partial charge in [0.2, 0.25) is 0 Å². The number of rotatable bonds is 3. The summed E-state index contributed by atoms with van der Waals surface area (Å²) in [6, 6.07) is 0.134. The zero-order valence-electron chi connectivity index (χ0n) is 10.4. The predicted octanol–water partition coefficient (Wildman–Crippen LogP) is 1.66. The Morgan fingerprint density at radius 2 is 2.06 bits per heavy atom. The third-order valence-corrected chi connectivity index (χ3v) is 2.40. The first kappa shape index (κ1) is 13.8. The molecule has 5 nitrogen and oxygen atoms in total. The molecular formula is C10H15B2N3O2. The van der Waals surface area contributed by atoms with Gasteiger partial charge >= 0.3 is 5.95 Å². The van der Waals surface area contributed by atoms with Gasteiger partial charge in [0.1, 0.15) is 11.9 Å². The molecule has 88 valence electrons. The Kier molecular flexibility index (Phi) is 4.01. The van der Waals surface area contributed by atoms with Crippen LogP contribution >= 0.6 is 0 Å². The van der Waals surface area contributed by atoms with E-state index in [9.17, 15) is 10.1 Å². The molecule has 0 atom stereocenters. The van der Waals surface area contributed by atoms with Crippen LogP contribution in [0.3, 0.4) is 0 Å². The Bertz CT molecular complexity index is 408. The van der Waals surface area contributed by atoms with Crippen LogP contribution in [0, 0.1) is 10.1 Å². The highest BCUT2D eigenvalue weighted by molar-refractivity contribution is 6.39. The lowest BCUT2D eigenvalue weighted by molar-refractivity contribution is -0.396. The van der Waals surface area contributed by atoms with Gasteiger partial charge in [-0.25, -0.2) is 4.57 Å². The van der Waals surface area contributed by atoms with Gasteiger partial charge < -0.3 is 10.1 Å². The molecule has 0 unspecified atom stereocenters. The number of imidazole rings is 1. The summed E-state index contributed by atoms with van der Waals surface area (Å²) in [7, 11) is 11.5. The van der Waals surface area contributed by atoms with E-state index in [0.29, 0.717) is 5.69 Å². The molecule has 1 aromatic rings. The van der Waals surface area contributed by atoms with Crippen molar-refractivity contribution < 1.29 is 4.92 Å². The van der Waals surface area contributed by atoms with Crippen LogP contribution in [0.1, 0.15) is 45.3 Å². The monoisotopic (exact) mass is 231 g/mol. The van der Waals surface area contributed by atoms with E-state index in [2.05, 4.69) is 4.98 Å². The van der Waals surface area contributed by atoms with Gasteiger partial charge in [-0.1, -0.05) is 25.8 Å². The first-order valence-corrected chi connectivity index (χ1v) is 5.71. The Morgan fingerprint density at radius 1 is 1.53 bits per heavy atom. The van der Waals surface area contributed by atoms with Crippen LogP contribution in [0.15, 0.2) is 6.20 Å². The standard InChI is InChI=1S/C8H9B2N3O2.C2H6/c1-8(9,10)6-4-11-7(13(14)15)12(6)5-2-3-5;1-2/h4-5H,2-3H2,1H3;1-2H3. The number of nitro groups is 1. The molecule has 0 aliphatic heterocycles. The number of hydrogen-bond donors (Lipinski definition) is 0.